The van der Waals surface area contributed by atoms with Gasteiger partial charge in [0, 0.05) is 42.2 Å². The number of nitro groups is 1. The largest absolute Gasteiger partial charge is 0.357 e. The molecule has 0 aliphatic carbocycles. The molecule has 4 aromatic carbocycles. The van der Waals surface area contributed by atoms with Crippen LogP contribution in [0.25, 0.3) is 0 Å². The lowest BCUT2D eigenvalue weighted by atomic mass is 10.0. The fourth-order valence-electron chi connectivity index (χ4n) is 4.56. The number of non-ortho nitro benzene ring substituents is 1. The first-order chi connectivity index (χ1) is 21.0. The predicted octanol–water partition coefficient (Wildman–Crippen LogP) is 5.48. The molecule has 0 spiro atoms. The Morgan fingerprint density at radius 3 is 2.18 bits per heavy atom. The summed E-state index contributed by atoms with van der Waals surface area (Å²) in [7, 11) is -2.97. The van der Waals surface area contributed by atoms with E-state index in [9.17, 15) is 28.1 Å². The minimum atomic E-state index is -4.40. The fourth-order valence-corrected chi connectivity index (χ4v) is 6.46. The first kappa shape index (κ1) is 32.5. The maximum Gasteiger partial charge on any atom is 0.271 e. The number of anilines is 1. The van der Waals surface area contributed by atoms with Crippen LogP contribution in [-0.4, -0.2) is 49.7 Å². The van der Waals surface area contributed by atoms with Gasteiger partial charge in [0.1, 0.15) is 12.6 Å². The predicted molar refractivity (Wildman–Crippen MR) is 169 cm³/mol. The second-order valence-electron chi connectivity index (χ2n) is 9.68. The van der Waals surface area contributed by atoms with Crippen molar-refractivity contribution in [1.29, 1.82) is 0 Å². The molecule has 1 N–H and O–H groups in total. The van der Waals surface area contributed by atoms with E-state index in [1.807, 2.05) is 18.2 Å². The smallest absolute Gasteiger partial charge is 0.271 e. The summed E-state index contributed by atoms with van der Waals surface area (Å²) in [5.41, 5.74) is 0.772. The summed E-state index contributed by atoms with van der Waals surface area (Å²) in [6, 6.07) is 25.1. The summed E-state index contributed by atoms with van der Waals surface area (Å²) >= 11 is 12.6. The monoisotopic (exact) mass is 654 g/mol. The van der Waals surface area contributed by atoms with Crippen LogP contribution in [0.3, 0.4) is 0 Å². The zero-order valence-electron chi connectivity index (χ0n) is 23.5. The van der Waals surface area contributed by atoms with E-state index in [1.165, 1.54) is 60.5 Å². The third-order valence-corrected chi connectivity index (χ3v) is 9.19. The van der Waals surface area contributed by atoms with Gasteiger partial charge in [-0.3, -0.25) is 24.0 Å². The standard InChI is InChI=1S/C31H28Cl2N4O6S/c1-34-31(39)29(17-22-9-4-2-5-10-22)35(20-23-15-16-24(32)18-28(23)33)30(38)21-36(25-11-8-12-26(19-25)37(40)41)44(42,43)27-13-6-3-7-14-27/h2-16,18-19,29H,17,20-21H2,1H3,(H,34,39)/t29-/m1/s1. The molecule has 0 aliphatic rings. The van der Waals surface area contributed by atoms with Gasteiger partial charge in [-0.1, -0.05) is 83.9 Å². The van der Waals surface area contributed by atoms with E-state index in [2.05, 4.69) is 5.32 Å². The van der Waals surface area contributed by atoms with Gasteiger partial charge in [-0.2, -0.15) is 0 Å². The Morgan fingerprint density at radius 2 is 1.57 bits per heavy atom. The lowest BCUT2D eigenvalue weighted by Gasteiger charge is -2.33. The number of rotatable bonds is 12. The quantitative estimate of drug-likeness (QED) is 0.159. The molecule has 228 valence electrons. The van der Waals surface area contributed by atoms with Gasteiger partial charge < -0.3 is 10.2 Å². The van der Waals surface area contributed by atoms with Crippen molar-refractivity contribution in [2.45, 2.75) is 23.9 Å². The van der Waals surface area contributed by atoms with Crippen LogP contribution < -0.4 is 9.62 Å². The summed E-state index contributed by atoms with van der Waals surface area (Å²) in [4.78, 5) is 39.6. The molecule has 44 heavy (non-hydrogen) atoms. The van der Waals surface area contributed by atoms with E-state index >= 15 is 0 Å². The maximum absolute atomic E-state index is 14.3. The fraction of sp³-hybridized carbons (Fsp3) is 0.161. The Morgan fingerprint density at radius 1 is 0.909 bits per heavy atom. The number of hydrogen-bond donors (Lipinski definition) is 1. The van der Waals surface area contributed by atoms with Crippen LogP contribution in [0.2, 0.25) is 10.0 Å². The van der Waals surface area contributed by atoms with E-state index in [-0.39, 0.29) is 34.3 Å². The number of nitrogens with zero attached hydrogens (tertiary/aromatic N) is 3. The molecule has 0 fully saturated rings. The molecule has 0 heterocycles. The molecule has 0 saturated carbocycles. The van der Waals surface area contributed by atoms with E-state index in [0.29, 0.717) is 10.6 Å². The number of hydrogen-bond acceptors (Lipinski definition) is 6. The molecule has 0 unspecified atom stereocenters. The molecule has 0 saturated heterocycles. The molecular weight excluding hydrogens is 627 g/mol. The summed E-state index contributed by atoms with van der Waals surface area (Å²) in [6.45, 7) is -0.931. The number of likely N-dealkylation sites (N-methyl/N-ethyl adjacent to an activating group) is 1. The van der Waals surface area contributed by atoms with Crippen molar-refractivity contribution >= 4 is 56.4 Å². The Hall–Kier alpha value is -4.45. The lowest BCUT2D eigenvalue weighted by molar-refractivity contribution is -0.384. The zero-order valence-corrected chi connectivity index (χ0v) is 25.8. The first-order valence-corrected chi connectivity index (χ1v) is 15.5. The Balaban J connectivity index is 1.83. The third-order valence-electron chi connectivity index (χ3n) is 6.81. The molecule has 13 heteroatoms. The highest BCUT2D eigenvalue weighted by Gasteiger charge is 2.35. The summed E-state index contributed by atoms with van der Waals surface area (Å²) in [6.07, 6.45) is 0.111. The van der Waals surface area contributed by atoms with Crippen LogP contribution in [0.1, 0.15) is 11.1 Å². The van der Waals surface area contributed by atoms with Crippen LogP contribution in [0.5, 0.6) is 0 Å². The normalized spacial score (nSPS) is 11.8. The highest BCUT2D eigenvalue weighted by atomic mass is 35.5. The SMILES string of the molecule is CNC(=O)[C@@H](Cc1ccccc1)N(Cc1ccc(Cl)cc1Cl)C(=O)CN(c1cccc([N+](=O)[O-])c1)S(=O)(=O)c1ccccc1. The Bertz CT molecular complexity index is 1760. The average molecular weight is 656 g/mol. The van der Waals surface area contributed by atoms with Gasteiger partial charge in [0.15, 0.2) is 0 Å². The number of benzene rings is 4. The molecule has 10 nitrogen and oxygen atoms in total. The number of nitrogens with one attached hydrogen (secondary N) is 1. The van der Waals surface area contributed by atoms with Crippen molar-refractivity contribution < 1.29 is 22.9 Å². The topological polar surface area (TPSA) is 130 Å². The molecule has 0 bridgehead atoms. The van der Waals surface area contributed by atoms with Crippen molar-refractivity contribution in [3.63, 3.8) is 0 Å². The first-order valence-electron chi connectivity index (χ1n) is 13.3. The van der Waals surface area contributed by atoms with Gasteiger partial charge in [-0.05, 0) is 41.5 Å². The van der Waals surface area contributed by atoms with Gasteiger partial charge >= 0.3 is 0 Å². The number of nitro benzene ring substituents is 1. The summed E-state index contributed by atoms with van der Waals surface area (Å²) < 4.78 is 28.7. The van der Waals surface area contributed by atoms with Gasteiger partial charge in [0.25, 0.3) is 15.7 Å². The van der Waals surface area contributed by atoms with E-state index in [4.69, 9.17) is 23.2 Å². The molecule has 1 atom stereocenters. The van der Waals surface area contributed by atoms with E-state index < -0.39 is 39.3 Å². The Kier molecular flexibility index (Phi) is 10.6. The zero-order chi connectivity index (χ0) is 31.9. The van der Waals surface area contributed by atoms with Gasteiger partial charge in [-0.25, -0.2) is 8.42 Å². The van der Waals surface area contributed by atoms with Crippen LogP contribution in [-0.2, 0) is 32.6 Å². The summed E-state index contributed by atoms with van der Waals surface area (Å²) in [5.74, 6) is -1.23. The number of carbonyl (C=O) groups is 2. The molecule has 0 aromatic heterocycles. The molecule has 2 amide bonds. The molecule has 4 rings (SSSR count). The lowest BCUT2D eigenvalue weighted by Crippen LogP contribution is -2.53. The average Bonchev–Trinajstić information content (AvgIpc) is 3.02. The van der Waals surface area contributed by atoms with Crippen molar-refractivity contribution in [3.8, 4) is 0 Å². The second kappa shape index (κ2) is 14.3. The number of sulfonamides is 1. The minimum absolute atomic E-state index is 0.0968. The van der Waals surface area contributed by atoms with Crippen molar-refractivity contribution in [2.24, 2.45) is 0 Å². The highest BCUT2D eigenvalue weighted by Crippen LogP contribution is 2.29. The highest BCUT2D eigenvalue weighted by molar-refractivity contribution is 7.92. The van der Waals surface area contributed by atoms with Crippen LogP contribution >= 0.6 is 23.2 Å². The molecular formula is C31H28Cl2N4O6S. The van der Waals surface area contributed by atoms with Crippen LogP contribution in [0.4, 0.5) is 11.4 Å². The van der Waals surface area contributed by atoms with Crippen molar-refractivity contribution in [3.05, 3.63) is 134 Å². The van der Waals surface area contributed by atoms with Gasteiger partial charge in [0.2, 0.25) is 11.8 Å². The third kappa shape index (κ3) is 7.73. The number of carbonyl (C=O) groups excluding carboxylic acids is 2. The Labute approximate surface area is 265 Å². The van der Waals surface area contributed by atoms with Crippen molar-refractivity contribution in [2.75, 3.05) is 17.9 Å². The van der Waals surface area contributed by atoms with Gasteiger partial charge in [0.05, 0.1) is 15.5 Å². The van der Waals surface area contributed by atoms with Crippen LogP contribution in [0.15, 0.2) is 108 Å². The second-order valence-corrected chi connectivity index (χ2v) is 12.4. The number of amides is 2. The van der Waals surface area contributed by atoms with Crippen LogP contribution in [0, 0.1) is 10.1 Å². The van der Waals surface area contributed by atoms with Gasteiger partial charge in [-0.15, -0.1) is 0 Å². The van der Waals surface area contributed by atoms with Crippen molar-refractivity contribution in [1.82, 2.24) is 10.2 Å². The van der Waals surface area contributed by atoms with E-state index in [0.717, 1.165) is 15.9 Å². The molecule has 4 aromatic rings. The molecule has 0 aliphatic heterocycles. The molecule has 0 radical (unpaired) electrons. The van der Waals surface area contributed by atoms with E-state index in [1.54, 1.807) is 30.3 Å². The number of halogens is 2. The maximum atomic E-state index is 14.3. The minimum Gasteiger partial charge on any atom is -0.357 e. The summed E-state index contributed by atoms with van der Waals surface area (Å²) in [5, 5.41) is 14.8.